The zero-order chi connectivity index (χ0) is 19.2. The van der Waals surface area contributed by atoms with E-state index in [2.05, 4.69) is 15.6 Å². The van der Waals surface area contributed by atoms with E-state index in [0.717, 1.165) is 19.4 Å². The van der Waals surface area contributed by atoms with Crippen LogP contribution in [0.2, 0.25) is 0 Å². The van der Waals surface area contributed by atoms with Crippen LogP contribution in [0.5, 0.6) is 0 Å². The van der Waals surface area contributed by atoms with Crippen molar-refractivity contribution in [3.05, 3.63) is 54.0 Å². The number of rotatable bonds is 5. The van der Waals surface area contributed by atoms with Gasteiger partial charge in [-0.25, -0.2) is 9.37 Å². The van der Waals surface area contributed by atoms with Crippen LogP contribution in [0.25, 0.3) is 0 Å². The summed E-state index contributed by atoms with van der Waals surface area (Å²) >= 11 is 0. The van der Waals surface area contributed by atoms with E-state index in [4.69, 9.17) is 0 Å². The molecule has 7 heteroatoms. The first-order valence-corrected chi connectivity index (χ1v) is 9.13. The van der Waals surface area contributed by atoms with E-state index < -0.39 is 11.7 Å². The van der Waals surface area contributed by atoms with Gasteiger partial charge in [0.25, 0.3) is 5.91 Å². The minimum absolute atomic E-state index is 0.0449. The van der Waals surface area contributed by atoms with Crippen LogP contribution in [0.3, 0.4) is 0 Å². The zero-order valence-electron chi connectivity index (χ0n) is 15.2. The molecule has 1 aromatic heterocycles. The number of anilines is 2. The van der Waals surface area contributed by atoms with Gasteiger partial charge in [0.05, 0.1) is 11.6 Å². The van der Waals surface area contributed by atoms with E-state index in [0.29, 0.717) is 24.6 Å². The first-order chi connectivity index (χ1) is 13.1. The van der Waals surface area contributed by atoms with Crippen LogP contribution in [0, 0.1) is 11.7 Å². The second kappa shape index (κ2) is 8.62. The maximum absolute atomic E-state index is 13.4. The Morgan fingerprint density at radius 1 is 1.30 bits per heavy atom. The fourth-order valence-corrected chi connectivity index (χ4v) is 3.27. The first-order valence-electron chi connectivity index (χ1n) is 9.13. The van der Waals surface area contributed by atoms with Crippen molar-refractivity contribution in [3.8, 4) is 0 Å². The summed E-state index contributed by atoms with van der Waals surface area (Å²) in [5.74, 6) is -0.303. The van der Waals surface area contributed by atoms with Crippen LogP contribution in [-0.2, 0) is 4.79 Å². The number of aromatic nitrogens is 1. The quantitative estimate of drug-likeness (QED) is 0.849. The lowest BCUT2D eigenvalue weighted by molar-refractivity contribution is -0.125. The van der Waals surface area contributed by atoms with Gasteiger partial charge in [-0.05, 0) is 50.1 Å². The summed E-state index contributed by atoms with van der Waals surface area (Å²) < 4.78 is 13.4. The third-order valence-corrected chi connectivity index (χ3v) is 4.56. The lowest BCUT2D eigenvalue weighted by atomic mass is 9.97. The molecule has 6 nitrogen and oxygen atoms in total. The summed E-state index contributed by atoms with van der Waals surface area (Å²) in [5, 5.41) is 5.68. The van der Waals surface area contributed by atoms with E-state index >= 15 is 0 Å². The number of piperidine rings is 1. The van der Waals surface area contributed by atoms with E-state index in [9.17, 15) is 14.0 Å². The highest BCUT2D eigenvalue weighted by Gasteiger charge is 2.27. The normalized spacial score (nSPS) is 16.7. The van der Waals surface area contributed by atoms with E-state index in [1.807, 2.05) is 11.8 Å². The third-order valence-electron chi connectivity index (χ3n) is 4.56. The molecule has 3 rings (SSSR count). The van der Waals surface area contributed by atoms with E-state index in [1.54, 1.807) is 24.4 Å². The van der Waals surface area contributed by atoms with Crippen LogP contribution >= 0.6 is 0 Å². The van der Waals surface area contributed by atoms with Crippen LogP contribution in [-0.4, -0.2) is 36.4 Å². The molecule has 2 N–H and O–H groups in total. The first kappa shape index (κ1) is 18.8. The molecule has 1 unspecified atom stereocenters. The molecule has 1 atom stereocenters. The molecule has 142 valence electrons. The number of hydrogen-bond acceptors (Lipinski definition) is 4. The standard InChI is InChI=1S/C20H23FN4O2/c1-2-22-19(26)15-7-5-11-25(13-15)18-17(9-4-10-23-18)24-20(27)14-6-3-8-16(21)12-14/h3-4,6,8-10,12,15H,2,5,7,11,13H2,1H3,(H,22,26)(H,24,27). The highest BCUT2D eigenvalue weighted by Crippen LogP contribution is 2.28. The number of hydrogen-bond donors (Lipinski definition) is 2. The molecular formula is C20H23FN4O2. The van der Waals surface area contributed by atoms with Crippen molar-refractivity contribution in [3.63, 3.8) is 0 Å². The number of carbonyl (C=O) groups is 2. The molecule has 0 saturated carbocycles. The van der Waals surface area contributed by atoms with Gasteiger partial charge >= 0.3 is 0 Å². The topological polar surface area (TPSA) is 74.3 Å². The number of halogens is 1. The predicted molar refractivity (Wildman–Crippen MR) is 102 cm³/mol. The molecule has 2 heterocycles. The number of benzene rings is 1. The smallest absolute Gasteiger partial charge is 0.255 e. The van der Waals surface area contributed by atoms with Crippen molar-refractivity contribution in [2.75, 3.05) is 29.9 Å². The van der Waals surface area contributed by atoms with Gasteiger partial charge in [-0.15, -0.1) is 0 Å². The van der Waals surface area contributed by atoms with Gasteiger partial charge < -0.3 is 15.5 Å². The molecule has 0 aliphatic carbocycles. The predicted octanol–water partition coefficient (Wildman–Crippen LogP) is 2.83. The Labute approximate surface area is 157 Å². The zero-order valence-corrected chi connectivity index (χ0v) is 15.2. The van der Waals surface area contributed by atoms with Crippen LogP contribution < -0.4 is 15.5 Å². The number of nitrogens with zero attached hydrogens (tertiary/aromatic N) is 2. The van der Waals surface area contributed by atoms with Gasteiger partial charge in [-0.2, -0.15) is 0 Å². The Morgan fingerprint density at radius 3 is 2.93 bits per heavy atom. The minimum Gasteiger partial charge on any atom is -0.356 e. The monoisotopic (exact) mass is 370 g/mol. The van der Waals surface area contributed by atoms with Crippen LogP contribution in [0.4, 0.5) is 15.9 Å². The van der Waals surface area contributed by atoms with Gasteiger partial charge in [-0.3, -0.25) is 9.59 Å². The number of nitrogens with one attached hydrogen (secondary N) is 2. The summed E-state index contributed by atoms with van der Waals surface area (Å²) in [6.07, 6.45) is 3.36. The van der Waals surface area contributed by atoms with Crippen molar-refractivity contribution in [1.82, 2.24) is 10.3 Å². The summed E-state index contributed by atoms with van der Waals surface area (Å²) in [4.78, 5) is 31.1. The molecule has 2 amide bonds. The Kier molecular flexibility index (Phi) is 6.01. The summed E-state index contributed by atoms with van der Waals surface area (Å²) in [6, 6.07) is 9.03. The fourth-order valence-electron chi connectivity index (χ4n) is 3.27. The second-order valence-corrected chi connectivity index (χ2v) is 6.52. The Hall–Kier alpha value is -2.96. The van der Waals surface area contributed by atoms with E-state index in [1.165, 1.54) is 18.2 Å². The highest BCUT2D eigenvalue weighted by molar-refractivity contribution is 6.05. The van der Waals surface area contributed by atoms with Gasteiger partial charge in [0, 0.05) is 31.4 Å². The lowest BCUT2D eigenvalue weighted by Crippen LogP contribution is -2.43. The lowest BCUT2D eigenvalue weighted by Gasteiger charge is -2.33. The van der Waals surface area contributed by atoms with Crippen molar-refractivity contribution in [1.29, 1.82) is 0 Å². The molecule has 0 spiro atoms. The molecule has 2 aromatic rings. The van der Waals surface area contributed by atoms with Crippen molar-refractivity contribution >= 4 is 23.3 Å². The van der Waals surface area contributed by atoms with Gasteiger partial charge in [0.2, 0.25) is 5.91 Å². The third kappa shape index (κ3) is 4.61. The Bertz CT molecular complexity index is 827. The molecular weight excluding hydrogens is 347 g/mol. The largest absolute Gasteiger partial charge is 0.356 e. The Balaban J connectivity index is 1.77. The molecule has 1 aliphatic heterocycles. The average Bonchev–Trinajstić information content (AvgIpc) is 2.68. The number of pyridine rings is 1. The van der Waals surface area contributed by atoms with Crippen LogP contribution in [0.1, 0.15) is 30.1 Å². The van der Waals surface area contributed by atoms with Crippen molar-refractivity contribution < 1.29 is 14.0 Å². The summed E-state index contributed by atoms with van der Waals surface area (Å²) in [5.41, 5.74) is 0.784. The number of carbonyl (C=O) groups excluding carboxylic acids is 2. The highest BCUT2D eigenvalue weighted by atomic mass is 19.1. The fraction of sp³-hybridized carbons (Fsp3) is 0.350. The summed E-state index contributed by atoms with van der Waals surface area (Å²) in [6.45, 7) is 3.81. The molecule has 1 saturated heterocycles. The molecule has 1 aromatic carbocycles. The van der Waals surface area contributed by atoms with Crippen molar-refractivity contribution in [2.45, 2.75) is 19.8 Å². The maximum atomic E-state index is 13.4. The van der Waals surface area contributed by atoms with Crippen molar-refractivity contribution in [2.24, 2.45) is 5.92 Å². The molecule has 1 aliphatic rings. The molecule has 0 radical (unpaired) electrons. The molecule has 1 fully saturated rings. The Morgan fingerprint density at radius 2 is 2.15 bits per heavy atom. The maximum Gasteiger partial charge on any atom is 0.255 e. The molecule has 27 heavy (non-hydrogen) atoms. The average molecular weight is 370 g/mol. The second-order valence-electron chi connectivity index (χ2n) is 6.52. The van der Waals surface area contributed by atoms with Gasteiger partial charge in [-0.1, -0.05) is 6.07 Å². The van der Waals surface area contributed by atoms with Gasteiger partial charge in [0.1, 0.15) is 5.82 Å². The van der Waals surface area contributed by atoms with Crippen LogP contribution in [0.15, 0.2) is 42.6 Å². The van der Waals surface area contributed by atoms with Gasteiger partial charge in [0.15, 0.2) is 5.82 Å². The molecule has 0 bridgehead atoms. The summed E-state index contributed by atoms with van der Waals surface area (Å²) in [7, 11) is 0. The van der Waals surface area contributed by atoms with E-state index in [-0.39, 0.29) is 17.4 Å². The number of amides is 2. The SMILES string of the molecule is CCNC(=O)C1CCCN(c2ncccc2NC(=O)c2cccc(F)c2)C1. The minimum atomic E-state index is -0.463.